The molecule has 1 saturated heterocycles. The topological polar surface area (TPSA) is 104 Å². The third-order valence-corrected chi connectivity index (χ3v) is 6.81. The Hall–Kier alpha value is -2.07. The van der Waals surface area contributed by atoms with Gasteiger partial charge in [-0.3, -0.25) is 0 Å². The van der Waals surface area contributed by atoms with Crippen LogP contribution in [-0.4, -0.2) is 63.1 Å². The molecule has 7 nitrogen and oxygen atoms in total. The summed E-state index contributed by atoms with van der Waals surface area (Å²) in [5, 5.41) is 41.8. The number of nitrogens with zero attached hydrogens (tertiary/aromatic N) is 1. The number of fused-ring (bicyclic) bond motifs is 1. The summed E-state index contributed by atoms with van der Waals surface area (Å²) in [6.07, 6.45) is -4.21. The molecule has 3 aromatic rings. The Balaban J connectivity index is 1.81. The molecule has 0 amide bonds. The van der Waals surface area contributed by atoms with Crippen molar-refractivity contribution in [3.63, 3.8) is 0 Å². The first-order valence-corrected chi connectivity index (χ1v) is 10.9. The second kappa shape index (κ2) is 8.82. The number of aryl methyl sites for hydroxylation is 2. The molecule has 2 aromatic carbocycles. The largest absolute Gasteiger partial charge is 0.497 e. The van der Waals surface area contributed by atoms with Crippen LogP contribution in [0.4, 0.5) is 0 Å². The number of aliphatic hydroxyl groups excluding tert-OH is 4. The zero-order chi connectivity index (χ0) is 22.3. The Morgan fingerprint density at radius 2 is 1.65 bits per heavy atom. The molecule has 0 unspecified atom stereocenters. The van der Waals surface area contributed by atoms with E-state index in [2.05, 4.69) is 0 Å². The highest BCUT2D eigenvalue weighted by atomic mass is 32.2. The summed E-state index contributed by atoms with van der Waals surface area (Å²) in [6, 6.07) is 11.8. The molecular formula is C23H27NO6S. The maximum Gasteiger partial charge on any atom is 0.163 e. The molecule has 1 aliphatic rings. The Kier molecular flexibility index (Phi) is 6.30. The minimum absolute atomic E-state index is 0.466. The monoisotopic (exact) mass is 445 g/mol. The van der Waals surface area contributed by atoms with Crippen LogP contribution >= 0.6 is 11.8 Å². The van der Waals surface area contributed by atoms with Gasteiger partial charge in [0.1, 0.15) is 30.2 Å². The Labute approximate surface area is 184 Å². The van der Waals surface area contributed by atoms with Crippen LogP contribution in [0.5, 0.6) is 5.75 Å². The minimum atomic E-state index is -1.43. The van der Waals surface area contributed by atoms with Crippen molar-refractivity contribution < 1.29 is 29.9 Å². The molecular weight excluding hydrogens is 418 g/mol. The van der Waals surface area contributed by atoms with E-state index in [0.29, 0.717) is 0 Å². The summed E-state index contributed by atoms with van der Waals surface area (Å²) in [4.78, 5) is 1.99. The number of rotatable bonds is 5. The van der Waals surface area contributed by atoms with Crippen molar-refractivity contribution in [2.45, 2.75) is 54.3 Å². The zero-order valence-electron chi connectivity index (χ0n) is 17.6. The van der Waals surface area contributed by atoms with Crippen LogP contribution in [0.2, 0.25) is 0 Å². The molecule has 1 aromatic heterocycles. The van der Waals surface area contributed by atoms with Gasteiger partial charge in [0.15, 0.2) is 6.23 Å². The number of hydrogen-bond donors (Lipinski definition) is 4. The van der Waals surface area contributed by atoms with Crippen molar-refractivity contribution in [3.05, 3.63) is 53.7 Å². The predicted molar refractivity (Wildman–Crippen MR) is 118 cm³/mol. The standard InChI is InChI=1S/C23H27NO6S/c1-12-4-5-13(2)19-18(12)17(31-15-8-6-14(29-3)7-9-15)10-24(19)23-22(28)21(27)20(26)16(11-25)30-23/h4-10,16,20-23,25-28H,11H2,1-3H3/t16-,20-,21+,22-,23-/m1/s1. The Morgan fingerprint density at radius 3 is 2.29 bits per heavy atom. The quantitative estimate of drug-likeness (QED) is 0.478. The van der Waals surface area contributed by atoms with Crippen LogP contribution < -0.4 is 4.74 Å². The first kappa shape index (κ1) is 22.1. The average Bonchev–Trinajstić information content (AvgIpc) is 3.15. The van der Waals surface area contributed by atoms with E-state index >= 15 is 0 Å². The molecule has 0 bridgehead atoms. The van der Waals surface area contributed by atoms with E-state index in [0.717, 1.165) is 37.6 Å². The zero-order valence-corrected chi connectivity index (χ0v) is 18.4. The first-order valence-electron chi connectivity index (χ1n) is 10.1. The average molecular weight is 446 g/mol. The van der Waals surface area contributed by atoms with Gasteiger partial charge in [-0.15, -0.1) is 0 Å². The van der Waals surface area contributed by atoms with Crippen molar-refractivity contribution in [2.75, 3.05) is 13.7 Å². The van der Waals surface area contributed by atoms with Crippen molar-refractivity contribution in [3.8, 4) is 5.75 Å². The highest BCUT2D eigenvalue weighted by Gasteiger charge is 2.44. The van der Waals surface area contributed by atoms with Gasteiger partial charge >= 0.3 is 0 Å². The summed E-state index contributed by atoms with van der Waals surface area (Å²) in [7, 11) is 1.63. The molecule has 0 radical (unpaired) electrons. The van der Waals surface area contributed by atoms with E-state index in [1.807, 2.05) is 56.4 Å². The van der Waals surface area contributed by atoms with Crippen LogP contribution in [0.25, 0.3) is 10.9 Å². The van der Waals surface area contributed by atoms with E-state index < -0.39 is 37.3 Å². The molecule has 0 spiro atoms. The molecule has 166 valence electrons. The Morgan fingerprint density at radius 1 is 0.968 bits per heavy atom. The second-order valence-electron chi connectivity index (χ2n) is 7.82. The maximum absolute atomic E-state index is 10.7. The van der Waals surface area contributed by atoms with Gasteiger partial charge in [0, 0.05) is 21.4 Å². The molecule has 4 N–H and O–H groups in total. The molecule has 2 heterocycles. The van der Waals surface area contributed by atoms with Gasteiger partial charge in [-0.1, -0.05) is 23.9 Å². The van der Waals surface area contributed by atoms with E-state index in [-0.39, 0.29) is 0 Å². The van der Waals surface area contributed by atoms with Gasteiger partial charge in [-0.05, 0) is 49.2 Å². The normalized spacial score (nSPS) is 26.4. The van der Waals surface area contributed by atoms with Gasteiger partial charge in [0.2, 0.25) is 0 Å². The first-order chi connectivity index (χ1) is 14.8. The van der Waals surface area contributed by atoms with Crippen molar-refractivity contribution in [1.29, 1.82) is 0 Å². The number of benzene rings is 2. The number of hydrogen-bond acceptors (Lipinski definition) is 7. The fourth-order valence-corrected chi connectivity index (χ4v) is 5.11. The van der Waals surface area contributed by atoms with Crippen LogP contribution in [-0.2, 0) is 4.74 Å². The molecule has 1 aliphatic heterocycles. The Bertz CT molecular complexity index is 1060. The van der Waals surface area contributed by atoms with E-state index in [9.17, 15) is 20.4 Å². The second-order valence-corrected chi connectivity index (χ2v) is 8.94. The fraction of sp³-hybridized carbons (Fsp3) is 0.391. The minimum Gasteiger partial charge on any atom is -0.497 e. The summed E-state index contributed by atoms with van der Waals surface area (Å²) in [5.74, 6) is 0.778. The lowest BCUT2D eigenvalue weighted by molar-refractivity contribution is -0.250. The number of ether oxygens (including phenoxy) is 2. The highest BCUT2D eigenvalue weighted by Crippen LogP contribution is 2.41. The lowest BCUT2D eigenvalue weighted by Gasteiger charge is -2.40. The van der Waals surface area contributed by atoms with Gasteiger partial charge < -0.3 is 34.5 Å². The van der Waals surface area contributed by atoms with E-state index in [1.54, 1.807) is 23.4 Å². The number of methoxy groups -OCH3 is 1. The summed E-state index contributed by atoms with van der Waals surface area (Å²) >= 11 is 1.58. The molecule has 0 saturated carbocycles. The van der Waals surface area contributed by atoms with Crippen molar-refractivity contribution in [2.24, 2.45) is 0 Å². The van der Waals surface area contributed by atoms with Gasteiger partial charge in [0.25, 0.3) is 0 Å². The predicted octanol–water partition coefficient (Wildman–Crippen LogP) is 2.39. The SMILES string of the molecule is COc1ccc(Sc2cn([C@@H]3O[C@H](CO)[C@@H](O)[C@H](O)[C@H]3O)c3c(C)ccc(C)c23)cc1. The molecule has 5 atom stereocenters. The van der Waals surface area contributed by atoms with Crippen molar-refractivity contribution in [1.82, 2.24) is 4.57 Å². The van der Waals surface area contributed by atoms with Crippen LogP contribution in [0.3, 0.4) is 0 Å². The van der Waals surface area contributed by atoms with Crippen LogP contribution in [0, 0.1) is 13.8 Å². The van der Waals surface area contributed by atoms with Crippen LogP contribution in [0.15, 0.2) is 52.4 Å². The molecule has 31 heavy (non-hydrogen) atoms. The fourth-order valence-electron chi connectivity index (χ4n) is 4.06. The summed E-state index contributed by atoms with van der Waals surface area (Å²) in [6.45, 7) is 3.54. The smallest absolute Gasteiger partial charge is 0.163 e. The lowest BCUT2D eigenvalue weighted by atomic mass is 9.98. The molecule has 1 fully saturated rings. The number of aliphatic hydroxyl groups is 4. The number of aromatic nitrogens is 1. The van der Waals surface area contributed by atoms with Gasteiger partial charge in [-0.2, -0.15) is 0 Å². The summed E-state index contributed by atoms with van der Waals surface area (Å²) in [5.41, 5.74) is 2.93. The third kappa shape index (κ3) is 3.95. The van der Waals surface area contributed by atoms with E-state index in [1.165, 1.54) is 0 Å². The van der Waals surface area contributed by atoms with E-state index in [4.69, 9.17) is 9.47 Å². The third-order valence-electron chi connectivity index (χ3n) is 5.78. The highest BCUT2D eigenvalue weighted by molar-refractivity contribution is 7.99. The summed E-state index contributed by atoms with van der Waals surface area (Å²) < 4.78 is 12.9. The molecule has 4 rings (SSSR count). The van der Waals surface area contributed by atoms with Crippen LogP contribution in [0.1, 0.15) is 17.4 Å². The van der Waals surface area contributed by atoms with Gasteiger partial charge in [-0.25, -0.2) is 0 Å². The lowest BCUT2D eigenvalue weighted by Crippen LogP contribution is -2.56. The maximum atomic E-state index is 10.7. The van der Waals surface area contributed by atoms with Crippen molar-refractivity contribution >= 4 is 22.7 Å². The molecule has 0 aliphatic carbocycles. The van der Waals surface area contributed by atoms with Gasteiger partial charge in [0.05, 0.1) is 19.2 Å². The molecule has 8 heteroatoms.